The summed E-state index contributed by atoms with van der Waals surface area (Å²) in [6.07, 6.45) is 1.62. The quantitative estimate of drug-likeness (QED) is 0.803. The van der Waals surface area contributed by atoms with Crippen molar-refractivity contribution in [3.8, 4) is 5.75 Å². The number of anilines is 1. The molecule has 1 fully saturated rings. The van der Waals surface area contributed by atoms with Crippen LogP contribution in [0.3, 0.4) is 0 Å². The lowest BCUT2D eigenvalue weighted by atomic mass is 9.88. The van der Waals surface area contributed by atoms with Crippen molar-refractivity contribution in [3.05, 3.63) is 23.8 Å². The van der Waals surface area contributed by atoms with Crippen molar-refractivity contribution in [2.45, 2.75) is 25.4 Å². The van der Waals surface area contributed by atoms with Crippen molar-refractivity contribution in [2.24, 2.45) is 0 Å². The van der Waals surface area contributed by atoms with Crippen molar-refractivity contribution in [2.75, 3.05) is 25.9 Å². The molecule has 1 aromatic rings. The average Bonchev–Trinajstić information content (AvgIpc) is 2.35. The van der Waals surface area contributed by atoms with Crippen LogP contribution in [0.4, 0.5) is 5.69 Å². The maximum absolute atomic E-state index is 12.2. The number of ether oxygens (including phenoxy) is 1. The molecule has 0 aromatic heterocycles. The predicted octanol–water partition coefficient (Wildman–Crippen LogP) is 1.26. The highest BCUT2D eigenvalue weighted by Gasteiger charge is 2.43. The zero-order chi connectivity index (χ0) is 14.0. The number of benzene rings is 1. The molecule has 0 radical (unpaired) electrons. The van der Waals surface area contributed by atoms with E-state index in [0.29, 0.717) is 30.1 Å². The van der Waals surface area contributed by atoms with E-state index in [-0.39, 0.29) is 5.91 Å². The van der Waals surface area contributed by atoms with Crippen LogP contribution in [0.15, 0.2) is 18.2 Å². The van der Waals surface area contributed by atoms with Gasteiger partial charge in [-0.05, 0) is 18.6 Å². The van der Waals surface area contributed by atoms with Gasteiger partial charge in [-0.25, -0.2) is 0 Å². The number of hydrogen-bond donors (Lipinski definition) is 2. The molecule has 0 saturated carbocycles. The SMILES string of the molecule is CCCC1(O)CN(C(=O)c2ccc(OC)cc2N)C1. The number of methoxy groups -OCH3 is 1. The first-order chi connectivity index (χ1) is 8.99. The fourth-order valence-electron chi connectivity index (χ4n) is 2.46. The van der Waals surface area contributed by atoms with Crippen LogP contribution in [0.2, 0.25) is 0 Å². The third-order valence-corrected chi connectivity index (χ3v) is 3.46. The van der Waals surface area contributed by atoms with E-state index >= 15 is 0 Å². The number of likely N-dealkylation sites (tertiary alicyclic amines) is 1. The Morgan fingerprint density at radius 2 is 2.21 bits per heavy atom. The van der Waals surface area contributed by atoms with Gasteiger partial charge >= 0.3 is 0 Å². The van der Waals surface area contributed by atoms with Crippen molar-refractivity contribution in [1.82, 2.24) is 4.90 Å². The molecule has 19 heavy (non-hydrogen) atoms. The maximum atomic E-state index is 12.2. The van der Waals surface area contributed by atoms with Gasteiger partial charge in [0, 0.05) is 11.8 Å². The summed E-state index contributed by atoms with van der Waals surface area (Å²) in [6, 6.07) is 5.00. The second-order valence-corrected chi connectivity index (χ2v) is 5.09. The van der Waals surface area contributed by atoms with Crippen molar-refractivity contribution >= 4 is 11.6 Å². The van der Waals surface area contributed by atoms with Gasteiger partial charge < -0.3 is 20.5 Å². The second-order valence-electron chi connectivity index (χ2n) is 5.09. The second kappa shape index (κ2) is 5.09. The number of carbonyl (C=O) groups excluding carboxylic acids is 1. The summed E-state index contributed by atoms with van der Waals surface area (Å²) in [4.78, 5) is 13.9. The van der Waals surface area contributed by atoms with E-state index in [1.807, 2.05) is 6.92 Å². The number of aliphatic hydroxyl groups is 1. The summed E-state index contributed by atoms with van der Waals surface area (Å²) >= 11 is 0. The molecule has 1 aromatic carbocycles. The Hall–Kier alpha value is -1.75. The molecule has 0 aliphatic carbocycles. The Morgan fingerprint density at radius 3 is 2.74 bits per heavy atom. The molecule has 1 heterocycles. The van der Waals surface area contributed by atoms with Crippen molar-refractivity contribution in [1.29, 1.82) is 0 Å². The number of nitrogens with two attached hydrogens (primary N) is 1. The van der Waals surface area contributed by atoms with Gasteiger partial charge in [-0.15, -0.1) is 0 Å². The van der Waals surface area contributed by atoms with Crippen LogP contribution in [0.5, 0.6) is 5.75 Å². The van der Waals surface area contributed by atoms with Gasteiger partial charge in [0.2, 0.25) is 0 Å². The Kier molecular flexibility index (Phi) is 3.66. The molecular formula is C14H20N2O3. The zero-order valence-electron chi connectivity index (χ0n) is 11.3. The Bertz CT molecular complexity index is 482. The molecule has 0 spiro atoms. The molecule has 3 N–H and O–H groups in total. The smallest absolute Gasteiger partial charge is 0.256 e. The molecule has 104 valence electrons. The minimum atomic E-state index is -0.717. The average molecular weight is 264 g/mol. The highest BCUT2D eigenvalue weighted by Crippen LogP contribution is 2.29. The van der Waals surface area contributed by atoms with Gasteiger partial charge in [0.05, 0.1) is 31.4 Å². The largest absolute Gasteiger partial charge is 0.497 e. The lowest BCUT2D eigenvalue weighted by molar-refractivity contribution is -0.0859. The van der Waals surface area contributed by atoms with E-state index in [0.717, 1.165) is 12.8 Å². The lowest BCUT2D eigenvalue weighted by Crippen LogP contribution is -2.63. The van der Waals surface area contributed by atoms with Crippen LogP contribution < -0.4 is 10.5 Å². The predicted molar refractivity (Wildman–Crippen MR) is 73.2 cm³/mol. The summed E-state index contributed by atoms with van der Waals surface area (Å²) in [6.45, 7) is 2.78. The number of rotatable bonds is 4. The van der Waals surface area contributed by atoms with Crippen LogP contribution in [-0.2, 0) is 0 Å². The van der Waals surface area contributed by atoms with E-state index in [9.17, 15) is 9.90 Å². The number of nitrogens with zero attached hydrogens (tertiary/aromatic N) is 1. The van der Waals surface area contributed by atoms with Crippen molar-refractivity contribution < 1.29 is 14.6 Å². The van der Waals surface area contributed by atoms with Crippen LogP contribution in [-0.4, -0.2) is 41.7 Å². The Labute approximate surface area is 113 Å². The topological polar surface area (TPSA) is 75.8 Å². The summed E-state index contributed by atoms with van der Waals surface area (Å²) < 4.78 is 5.05. The number of β-amino-alcohol motifs (C(OH)–C–C–N with tert-alkyl or cyclic N) is 1. The van der Waals surface area contributed by atoms with Gasteiger partial charge in [0.15, 0.2) is 0 Å². The first-order valence-corrected chi connectivity index (χ1v) is 6.44. The van der Waals surface area contributed by atoms with Crippen LogP contribution in [0.25, 0.3) is 0 Å². The summed E-state index contributed by atoms with van der Waals surface area (Å²) in [5.74, 6) is 0.487. The molecule has 1 saturated heterocycles. The van der Waals surface area contributed by atoms with Crippen LogP contribution in [0.1, 0.15) is 30.1 Å². The minimum absolute atomic E-state index is 0.138. The fourth-order valence-corrected chi connectivity index (χ4v) is 2.46. The normalized spacial score (nSPS) is 16.9. The molecule has 0 unspecified atom stereocenters. The molecule has 1 aliphatic heterocycles. The third kappa shape index (κ3) is 2.66. The van der Waals surface area contributed by atoms with E-state index in [4.69, 9.17) is 10.5 Å². The van der Waals surface area contributed by atoms with Gasteiger partial charge in [-0.3, -0.25) is 4.79 Å². The summed E-state index contributed by atoms with van der Waals surface area (Å²) in [7, 11) is 1.55. The Morgan fingerprint density at radius 1 is 1.53 bits per heavy atom. The fraction of sp³-hybridized carbons (Fsp3) is 0.500. The minimum Gasteiger partial charge on any atom is -0.497 e. The molecule has 1 aliphatic rings. The molecule has 5 nitrogen and oxygen atoms in total. The van der Waals surface area contributed by atoms with Gasteiger partial charge in [0.1, 0.15) is 5.75 Å². The number of nitrogen functional groups attached to an aromatic ring is 1. The molecule has 0 atom stereocenters. The van der Waals surface area contributed by atoms with Gasteiger partial charge in [-0.2, -0.15) is 0 Å². The lowest BCUT2D eigenvalue weighted by Gasteiger charge is -2.46. The van der Waals surface area contributed by atoms with E-state index in [2.05, 4.69) is 0 Å². The van der Waals surface area contributed by atoms with Crippen LogP contribution >= 0.6 is 0 Å². The first kappa shape index (κ1) is 13.7. The van der Waals surface area contributed by atoms with Gasteiger partial charge in [0.25, 0.3) is 5.91 Å². The maximum Gasteiger partial charge on any atom is 0.256 e. The number of hydrogen-bond acceptors (Lipinski definition) is 4. The first-order valence-electron chi connectivity index (χ1n) is 6.44. The third-order valence-electron chi connectivity index (χ3n) is 3.46. The standard InChI is InChI=1S/C14H20N2O3/c1-3-6-14(18)8-16(9-14)13(17)11-5-4-10(19-2)7-12(11)15/h4-5,7,18H,3,6,8-9,15H2,1-2H3. The highest BCUT2D eigenvalue weighted by molar-refractivity contribution is 6.00. The summed E-state index contributed by atoms with van der Waals surface area (Å²) in [5, 5.41) is 10.1. The molecular weight excluding hydrogens is 244 g/mol. The summed E-state index contributed by atoms with van der Waals surface area (Å²) in [5.41, 5.74) is 5.99. The molecule has 0 bridgehead atoms. The highest BCUT2D eigenvalue weighted by atomic mass is 16.5. The number of amides is 1. The zero-order valence-corrected chi connectivity index (χ0v) is 11.3. The van der Waals surface area contributed by atoms with E-state index in [1.165, 1.54) is 0 Å². The number of carbonyl (C=O) groups is 1. The Balaban J connectivity index is 2.06. The molecule has 5 heteroatoms. The molecule has 2 rings (SSSR count). The monoisotopic (exact) mass is 264 g/mol. The van der Waals surface area contributed by atoms with Crippen LogP contribution in [0, 0.1) is 0 Å². The van der Waals surface area contributed by atoms with E-state index in [1.54, 1.807) is 30.2 Å². The van der Waals surface area contributed by atoms with E-state index < -0.39 is 5.60 Å². The molecule has 1 amide bonds. The van der Waals surface area contributed by atoms with Crippen molar-refractivity contribution in [3.63, 3.8) is 0 Å². The van der Waals surface area contributed by atoms with Gasteiger partial charge in [-0.1, -0.05) is 13.3 Å².